The largest absolute Gasteiger partial charge is 0.298 e. The summed E-state index contributed by atoms with van der Waals surface area (Å²) in [6, 6.07) is 1.75. The molecule has 2 saturated heterocycles. The molecule has 2 aliphatic rings. The molecule has 2 heteroatoms. The molecule has 0 N–H and O–H groups in total. The van der Waals surface area contributed by atoms with Crippen LogP contribution >= 0.6 is 12.6 Å². The number of nitrogens with zero attached hydrogens (tertiary/aromatic N) is 1. The Morgan fingerprint density at radius 3 is 2.27 bits per heavy atom. The van der Waals surface area contributed by atoms with Gasteiger partial charge >= 0.3 is 0 Å². The summed E-state index contributed by atoms with van der Waals surface area (Å²) in [4.78, 5) is 2.67. The van der Waals surface area contributed by atoms with Crippen molar-refractivity contribution in [2.24, 2.45) is 0 Å². The van der Waals surface area contributed by atoms with E-state index in [2.05, 4.69) is 24.5 Å². The van der Waals surface area contributed by atoms with Gasteiger partial charge in [-0.15, -0.1) is 0 Å². The summed E-state index contributed by atoms with van der Waals surface area (Å²) in [7, 11) is 0. The molecule has 1 nitrogen and oxygen atoms in total. The Bertz CT molecular complexity index is 134. The van der Waals surface area contributed by atoms with Gasteiger partial charge < -0.3 is 0 Å². The van der Waals surface area contributed by atoms with Gasteiger partial charge in [0.2, 0.25) is 0 Å². The molecule has 64 valence electrons. The molecule has 0 spiro atoms. The van der Waals surface area contributed by atoms with Crippen LogP contribution in [0.15, 0.2) is 0 Å². The average Bonchev–Trinajstić information content (AvgIpc) is 2.23. The third-order valence-corrected chi connectivity index (χ3v) is 3.65. The van der Waals surface area contributed by atoms with E-state index in [0.29, 0.717) is 5.25 Å². The first-order chi connectivity index (χ1) is 5.31. The summed E-state index contributed by atoms with van der Waals surface area (Å²) < 4.78 is 0. The van der Waals surface area contributed by atoms with Crippen molar-refractivity contribution in [3.8, 4) is 0 Å². The fraction of sp³-hybridized carbons (Fsp3) is 1.00. The molecule has 2 rings (SSSR count). The van der Waals surface area contributed by atoms with E-state index in [-0.39, 0.29) is 0 Å². The maximum atomic E-state index is 4.57. The molecule has 2 heterocycles. The summed E-state index contributed by atoms with van der Waals surface area (Å²) in [5.74, 6) is 0. The van der Waals surface area contributed by atoms with Crippen molar-refractivity contribution < 1.29 is 0 Å². The molecule has 0 radical (unpaired) electrons. The minimum atomic E-state index is 0.690. The Balaban J connectivity index is 2.06. The molecular formula is C9H17NS. The Labute approximate surface area is 74.6 Å². The smallest absolute Gasteiger partial charge is 0.0109 e. The fourth-order valence-corrected chi connectivity index (χ4v) is 3.25. The topological polar surface area (TPSA) is 3.24 Å². The molecule has 2 fully saturated rings. The summed E-state index contributed by atoms with van der Waals surface area (Å²) in [6.45, 7) is 3.53. The molecule has 2 atom stereocenters. The normalized spacial score (nSPS) is 44.7. The van der Waals surface area contributed by atoms with Gasteiger partial charge in [0.15, 0.2) is 0 Å². The van der Waals surface area contributed by atoms with Crippen LogP contribution in [-0.4, -0.2) is 28.8 Å². The van der Waals surface area contributed by atoms with Gasteiger partial charge in [0.1, 0.15) is 0 Å². The second kappa shape index (κ2) is 2.98. The fourth-order valence-electron chi connectivity index (χ4n) is 2.76. The highest BCUT2D eigenvalue weighted by molar-refractivity contribution is 7.80. The first-order valence-electron chi connectivity index (χ1n) is 4.75. The van der Waals surface area contributed by atoms with Crippen molar-refractivity contribution in [3.05, 3.63) is 0 Å². The summed E-state index contributed by atoms with van der Waals surface area (Å²) in [5.41, 5.74) is 0. The van der Waals surface area contributed by atoms with Gasteiger partial charge in [-0.1, -0.05) is 6.92 Å². The predicted molar refractivity (Wildman–Crippen MR) is 51.2 cm³/mol. The molecule has 0 aromatic heterocycles. The first-order valence-corrected chi connectivity index (χ1v) is 5.26. The van der Waals surface area contributed by atoms with Crippen molar-refractivity contribution >= 4 is 12.6 Å². The number of hydrogen-bond donors (Lipinski definition) is 1. The average molecular weight is 171 g/mol. The van der Waals surface area contributed by atoms with Crippen LogP contribution < -0.4 is 0 Å². The van der Waals surface area contributed by atoms with Gasteiger partial charge in [0, 0.05) is 17.3 Å². The standard InChI is InChI=1S/C9H17NS/c1-2-10-7-3-4-8(10)6-9(11)5-7/h7-9,11H,2-6H2,1H3. The molecule has 0 aromatic carbocycles. The summed E-state index contributed by atoms with van der Waals surface area (Å²) >= 11 is 4.57. The zero-order valence-corrected chi connectivity index (χ0v) is 8.06. The van der Waals surface area contributed by atoms with Crippen molar-refractivity contribution in [1.29, 1.82) is 0 Å². The molecule has 0 amide bonds. The van der Waals surface area contributed by atoms with Crippen LogP contribution in [-0.2, 0) is 0 Å². The molecule has 2 bridgehead atoms. The van der Waals surface area contributed by atoms with Crippen molar-refractivity contribution in [2.75, 3.05) is 6.54 Å². The molecular weight excluding hydrogens is 154 g/mol. The number of fused-ring (bicyclic) bond motifs is 2. The lowest BCUT2D eigenvalue weighted by Gasteiger charge is -2.36. The van der Waals surface area contributed by atoms with E-state index >= 15 is 0 Å². The second-order valence-corrected chi connectivity index (χ2v) is 4.57. The van der Waals surface area contributed by atoms with Crippen LogP contribution in [0.5, 0.6) is 0 Å². The lowest BCUT2D eigenvalue weighted by Crippen LogP contribution is -2.42. The summed E-state index contributed by atoms with van der Waals surface area (Å²) in [5, 5.41) is 0.690. The van der Waals surface area contributed by atoms with Gasteiger partial charge in [-0.3, -0.25) is 4.90 Å². The number of thiol groups is 1. The Morgan fingerprint density at radius 2 is 1.82 bits per heavy atom. The van der Waals surface area contributed by atoms with Gasteiger partial charge in [-0.05, 0) is 32.2 Å². The number of hydrogen-bond acceptors (Lipinski definition) is 2. The molecule has 11 heavy (non-hydrogen) atoms. The predicted octanol–water partition coefficient (Wildman–Crippen LogP) is 1.93. The molecule has 0 aromatic rings. The quantitative estimate of drug-likeness (QED) is 0.590. The van der Waals surface area contributed by atoms with E-state index in [1.807, 2.05) is 0 Å². The van der Waals surface area contributed by atoms with Gasteiger partial charge in [-0.2, -0.15) is 12.6 Å². The van der Waals surface area contributed by atoms with E-state index in [0.717, 1.165) is 12.1 Å². The third kappa shape index (κ3) is 1.31. The van der Waals surface area contributed by atoms with Crippen molar-refractivity contribution in [3.63, 3.8) is 0 Å². The molecule has 0 aliphatic carbocycles. The Hall–Kier alpha value is 0.310. The maximum Gasteiger partial charge on any atom is 0.0109 e. The maximum absolute atomic E-state index is 4.57. The number of piperidine rings is 1. The van der Waals surface area contributed by atoms with Crippen LogP contribution in [0.2, 0.25) is 0 Å². The highest BCUT2D eigenvalue weighted by Gasteiger charge is 2.38. The van der Waals surface area contributed by atoms with Crippen molar-refractivity contribution in [2.45, 2.75) is 49.9 Å². The van der Waals surface area contributed by atoms with E-state index in [4.69, 9.17) is 0 Å². The zero-order valence-electron chi connectivity index (χ0n) is 7.16. The molecule has 2 aliphatic heterocycles. The zero-order chi connectivity index (χ0) is 7.84. The van der Waals surface area contributed by atoms with Crippen LogP contribution in [0.3, 0.4) is 0 Å². The highest BCUT2D eigenvalue weighted by atomic mass is 32.1. The lowest BCUT2D eigenvalue weighted by atomic mass is 10.0. The minimum Gasteiger partial charge on any atom is -0.298 e. The Kier molecular flexibility index (Phi) is 2.15. The minimum absolute atomic E-state index is 0.690. The Morgan fingerprint density at radius 1 is 1.27 bits per heavy atom. The van der Waals surface area contributed by atoms with E-state index in [1.165, 1.54) is 32.2 Å². The first kappa shape index (κ1) is 7.93. The van der Waals surface area contributed by atoms with Crippen LogP contribution in [0.25, 0.3) is 0 Å². The lowest BCUT2D eigenvalue weighted by molar-refractivity contribution is 0.153. The third-order valence-electron chi connectivity index (χ3n) is 3.22. The van der Waals surface area contributed by atoms with E-state index in [1.54, 1.807) is 0 Å². The van der Waals surface area contributed by atoms with Crippen molar-refractivity contribution in [1.82, 2.24) is 4.90 Å². The monoisotopic (exact) mass is 171 g/mol. The van der Waals surface area contributed by atoms with E-state index < -0.39 is 0 Å². The van der Waals surface area contributed by atoms with Crippen LogP contribution in [0.1, 0.15) is 32.6 Å². The van der Waals surface area contributed by atoms with Gasteiger partial charge in [0.25, 0.3) is 0 Å². The summed E-state index contributed by atoms with van der Waals surface area (Å²) in [6.07, 6.45) is 5.51. The van der Waals surface area contributed by atoms with Crippen LogP contribution in [0, 0.1) is 0 Å². The second-order valence-electron chi connectivity index (χ2n) is 3.84. The SMILES string of the molecule is CCN1C2CCC1CC(S)C2. The van der Waals surface area contributed by atoms with E-state index in [9.17, 15) is 0 Å². The number of rotatable bonds is 1. The molecule has 0 saturated carbocycles. The van der Waals surface area contributed by atoms with Gasteiger partial charge in [0.05, 0.1) is 0 Å². The molecule has 2 unspecified atom stereocenters. The highest BCUT2D eigenvalue weighted by Crippen LogP contribution is 2.36. The van der Waals surface area contributed by atoms with Crippen LogP contribution in [0.4, 0.5) is 0 Å². The van der Waals surface area contributed by atoms with Gasteiger partial charge in [-0.25, -0.2) is 0 Å².